The Labute approximate surface area is 189 Å². The molecule has 1 heterocycles. The van der Waals surface area contributed by atoms with Gasteiger partial charge in [-0.15, -0.1) is 11.7 Å². The third-order valence-corrected chi connectivity index (χ3v) is 5.25. The zero-order valence-electron chi connectivity index (χ0n) is 17.1. The van der Waals surface area contributed by atoms with Crippen molar-refractivity contribution in [3.05, 3.63) is 83.3 Å². The molecule has 2 aromatic carbocycles. The molecule has 32 heavy (non-hydrogen) atoms. The molecule has 1 saturated heterocycles. The smallest absolute Gasteiger partial charge is 0.341 e. The van der Waals surface area contributed by atoms with Crippen LogP contribution in [0.1, 0.15) is 11.1 Å². The van der Waals surface area contributed by atoms with Gasteiger partial charge in [-0.1, -0.05) is 54.6 Å². The Balaban J connectivity index is 1.78. The highest BCUT2D eigenvalue weighted by atomic mass is 32.2. The van der Waals surface area contributed by atoms with Crippen molar-refractivity contribution < 1.29 is 24.2 Å². The van der Waals surface area contributed by atoms with Gasteiger partial charge in [-0.05, 0) is 29.5 Å². The van der Waals surface area contributed by atoms with Crippen LogP contribution < -0.4 is 10.2 Å². The molecular weight excluding hydrogens is 430 g/mol. The number of hydrazone groups is 1. The Bertz CT molecular complexity index is 1080. The number of hydrogen-bond donors (Lipinski definition) is 2. The van der Waals surface area contributed by atoms with Crippen LogP contribution >= 0.6 is 11.8 Å². The minimum atomic E-state index is -1.10. The fraction of sp³-hybridized carbons (Fsp3) is 0.130. The van der Waals surface area contributed by atoms with Gasteiger partial charge in [0.25, 0.3) is 5.91 Å². The maximum atomic E-state index is 12.9. The fourth-order valence-electron chi connectivity index (χ4n) is 2.82. The fourth-order valence-corrected chi connectivity index (χ4v) is 3.76. The largest absolute Gasteiger partial charge is 0.481 e. The van der Waals surface area contributed by atoms with Crippen LogP contribution in [0.4, 0.5) is 0 Å². The van der Waals surface area contributed by atoms with Crippen LogP contribution in [0.15, 0.2) is 77.3 Å². The zero-order chi connectivity index (χ0) is 22.9. The predicted octanol–water partition coefficient (Wildman–Crippen LogP) is 2.88. The number of thioether (sulfide) groups is 1. The first-order chi connectivity index (χ1) is 15.5. The van der Waals surface area contributed by atoms with Gasteiger partial charge in [-0.3, -0.25) is 14.5 Å². The quantitative estimate of drug-likeness (QED) is 0.345. The molecule has 0 aliphatic carbocycles. The summed E-state index contributed by atoms with van der Waals surface area (Å²) in [6.07, 6.45) is 3.33. The Morgan fingerprint density at radius 3 is 2.59 bits per heavy atom. The number of ether oxygens (including phenoxy) is 1. The molecular formula is C23H21N3O5S. The van der Waals surface area contributed by atoms with E-state index in [0.717, 1.165) is 17.3 Å². The number of carbonyl (C=O) groups is 3. The van der Waals surface area contributed by atoms with Crippen molar-refractivity contribution in [3.63, 3.8) is 0 Å². The van der Waals surface area contributed by atoms with E-state index in [1.807, 2.05) is 30.3 Å². The van der Waals surface area contributed by atoms with Crippen LogP contribution in [0.2, 0.25) is 0 Å². The molecule has 1 aliphatic heterocycles. The number of rotatable bonds is 9. The average molecular weight is 452 g/mol. The van der Waals surface area contributed by atoms with Gasteiger partial charge in [0, 0.05) is 12.1 Å². The molecule has 3 rings (SSSR count). The summed E-state index contributed by atoms with van der Waals surface area (Å²) >= 11 is 1.10. The molecule has 1 aliphatic rings. The molecule has 1 fully saturated rings. The van der Waals surface area contributed by atoms with E-state index in [2.05, 4.69) is 17.1 Å². The second-order valence-corrected chi connectivity index (χ2v) is 7.64. The lowest BCUT2D eigenvalue weighted by molar-refractivity contribution is -0.139. The zero-order valence-corrected chi connectivity index (χ0v) is 17.9. The van der Waals surface area contributed by atoms with Crippen molar-refractivity contribution in [2.75, 3.05) is 13.2 Å². The standard InChI is InChI=1S/C23H21N3O5S/c1-2-12-26-22(30)19(14-17-10-6-7-11-18(17)31-15-21(28)29)32-23(26)25-24-20(27)13-16-8-4-3-5-9-16/h2-11,14H,1,12-13,15H2,(H,24,27)(H,28,29)/b19-14-,25-23+. The maximum Gasteiger partial charge on any atom is 0.341 e. The Morgan fingerprint density at radius 1 is 1.16 bits per heavy atom. The lowest BCUT2D eigenvalue weighted by Crippen LogP contribution is -2.31. The van der Waals surface area contributed by atoms with Crippen molar-refractivity contribution in [2.45, 2.75) is 6.42 Å². The summed E-state index contributed by atoms with van der Waals surface area (Å²) < 4.78 is 5.30. The normalized spacial score (nSPS) is 15.8. The van der Waals surface area contributed by atoms with Gasteiger partial charge in [0.2, 0.25) is 5.91 Å². The Kier molecular flexibility index (Phi) is 7.82. The number of carbonyl (C=O) groups excluding carboxylic acids is 2. The van der Waals surface area contributed by atoms with E-state index >= 15 is 0 Å². The highest BCUT2D eigenvalue weighted by molar-refractivity contribution is 8.18. The summed E-state index contributed by atoms with van der Waals surface area (Å²) in [7, 11) is 0. The molecule has 0 saturated carbocycles. The van der Waals surface area contributed by atoms with E-state index in [9.17, 15) is 14.4 Å². The summed E-state index contributed by atoms with van der Waals surface area (Å²) in [6.45, 7) is 3.39. The van der Waals surface area contributed by atoms with Crippen molar-refractivity contribution in [1.82, 2.24) is 10.3 Å². The summed E-state index contributed by atoms with van der Waals surface area (Å²) in [4.78, 5) is 37.7. The van der Waals surface area contributed by atoms with Gasteiger partial charge < -0.3 is 9.84 Å². The summed E-state index contributed by atoms with van der Waals surface area (Å²) in [5.41, 5.74) is 3.90. The highest BCUT2D eigenvalue weighted by Gasteiger charge is 2.33. The monoisotopic (exact) mass is 451 g/mol. The molecule has 0 bridgehead atoms. The Hall–Kier alpha value is -3.85. The highest BCUT2D eigenvalue weighted by Crippen LogP contribution is 2.34. The molecule has 0 unspecified atom stereocenters. The van der Waals surface area contributed by atoms with Gasteiger partial charge >= 0.3 is 5.97 Å². The number of benzene rings is 2. The first-order valence-corrected chi connectivity index (χ1v) is 10.5. The minimum Gasteiger partial charge on any atom is -0.481 e. The number of amides is 2. The number of hydrogen-bond acceptors (Lipinski definition) is 6. The summed E-state index contributed by atoms with van der Waals surface area (Å²) in [5.74, 6) is -1.37. The lowest BCUT2D eigenvalue weighted by Gasteiger charge is -2.12. The van der Waals surface area contributed by atoms with Gasteiger partial charge in [0.1, 0.15) is 5.75 Å². The minimum absolute atomic E-state index is 0.161. The van der Waals surface area contributed by atoms with E-state index in [0.29, 0.717) is 21.4 Å². The molecule has 9 heteroatoms. The van der Waals surface area contributed by atoms with Crippen molar-refractivity contribution in [1.29, 1.82) is 0 Å². The maximum absolute atomic E-state index is 12.9. The third kappa shape index (κ3) is 6.08. The van der Waals surface area contributed by atoms with Crippen molar-refractivity contribution in [3.8, 4) is 5.75 Å². The molecule has 2 N–H and O–H groups in total. The molecule has 8 nitrogen and oxygen atoms in total. The summed E-state index contributed by atoms with van der Waals surface area (Å²) in [5, 5.41) is 13.3. The predicted molar refractivity (Wildman–Crippen MR) is 123 cm³/mol. The van der Waals surface area contributed by atoms with Gasteiger partial charge in [-0.25, -0.2) is 10.2 Å². The second kappa shape index (κ2) is 11.0. The van der Waals surface area contributed by atoms with E-state index < -0.39 is 12.6 Å². The molecule has 164 valence electrons. The first kappa shape index (κ1) is 22.8. The molecule has 2 aromatic rings. The number of aliphatic carboxylic acids is 1. The number of nitrogens with zero attached hydrogens (tertiary/aromatic N) is 2. The SMILES string of the molecule is C=CCN1C(=O)/C(=C/c2ccccc2OCC(=O)O)S/C1=N/NC(=O)Cc1ccccc1. The number of carboxylic acid groups (broad SMARTS) is 1. The summed E-state index contributed by atoms with van der Waals surface area (Å²) in [6, 6.07) is 16.1. The van der Waals surface area contributed by atoms with Crippen LogP contribution in [0, 0.1) is 0 Å². The number of nitrogens with one attached hydrogen (secondary N) is 1. The molecule has 0 spiro atoms. The molecule has 0 radical (unpaired) electrons. The number of para-hydroxylation sites is 1. The van der Waals surface area contributed by atoms with E-state index in [-0.39, 0.29) is 24.8 Å². The van der Waals surface area contributed by atoms with E-state index in [1.165, 1.54) is 4.90 Å². The number of amidine groups is 1. The molecule has 2 amide bonds. The van der Waals surface area contributed by atoms with Crippen LogP contribution in [0.25, 0.3) is 6.08 Å². The lowest BCUT2D eigenvalue weighted by atomic mass is 10.1. The first-order valence-electron chi connectivity index (χ1n) is 9.64. The van der Waals surface area contributed by atoms with Crippen molar-refractivity contribution in [2.24, 2.45) is 5.10 Å². The van der Waals surface area contributed by atoms with E-state index in [1.54, 1.807) is 36.4 Å². The van der Waals surface area contributed by atoms with E-state index in [4.69, 9.17) is 9.84 Å². The topological polar surface area (TPSA) is 108 Å². The van der Waals surface area contributed by atoms with Gasteiger partial charge in [-0.2, -0.15) is 0 Å². The van der Waals surface area contributed by atoms with Crippen LogP contribution in [0.5, 0.6) is 5.75 Å². The van der Waals surface area contributed by atoms with Gasteiger partial charge in [0.05, 0.1) is 11.3 Å². The number of carboxylic acids is 1. The van der Waals surface area contributed by atoms with Crippen LogP contribution in [0.3, 0.4) is 0 Å². The van der Waals surface area contributed by atoms with Crippen LogP contribution in [-0.2, 0) is 20.8 Å². The van der Waals surface area contributed by atoms with Gasteiger partial charge in [0.15, 0.2) is 11.8 Å². The molecule has 0 aromatic heterocycles. The van der Waals surface area contributed by atoms with Crippen LogP contribution in [-0.4, -0.2) is 46.1 Å². The second-order valence-electron chi connectivity index (χ2n) is 6.63. The molecule has 0 atom stereocenters. The Morgan fingerprint density at radius 2 is 1.88 bits per heavy atom. The van der Waals surface area contributed by atoms with Crippen molar-refractivity contribution >= 4 is 40.8 Å². The average Bonchev–Trinajstić information content (AvgIpc) is 3.07. The third-order valence-electron chi connectivity index (χ3n) is 4.24.